The molecule has 0 radical (unpaired) electrons. The summed E-state index contributed by atoms with van der Waals surface area (Å²) >= 11 is 0. The molecule has 1 fully saturated rings. The first-order chi connectivity index (χ1) is 14.3. The predicted molar refractivity (Wildman–Crippen MR) is 107 cm³/mol. The predicted octanol–water partition coefficient (Wildman–Crippen LogP) is 6.92. The topological polar surface area (TPSA) is 37.3 Å². The molecule has 1 aliphatic rings. The Morgan fingerprint density at radius 1 is 1.00 bits per heavy atom. The molecule has 6 heteroatoms. The number of carboxylic acid groups (broad SMARTS) is 1. The Hall–Kier alpha value is -2.63. The van der Waals surface area contributed by atoms with Crippen molar-refractivity contribution in [2.45, 2.75) is 44.9 Å². The summed E-state index contributed by atoms with van der Waals surface area (Å²) in [5.41, 5.74) is -0.248. The summed E-state index contributed by atoms with van der Waals surface area (Å²) < 4.78 is 55.8. The van der Waals surface area contributed by atoms with E-state index in [9.17, 15) is 23.1 Å². The quantitative estimate of drug-likeness (QED) is 0.300. The molecular weight excluding hydrogens is 396 g/mol. The molecule has 2 aromatic carbocycles. The van der Waals surface area contributed by atoms with Gasteiger partial charge in [-0.2, -0.15) is 0 Å². The maximum absolute atomic E-state index is 15.0. The molecule has 2 nitrogen and oxygen atoms in total. The molecule has 0 unspecified atom stereocenters. The van der Waals surface area contributed by atoms with Crippen molar-refractivity contribution in [1.82, 2.24) is 0 Å². The number of hydrogen-bond acceptors (Lipinski definition) is 1. The van der Waals surface area contributed by atoms with Crippen molar-refractivity contribution in [2.75, 3.05) is 0 Å². The van der Waals surface area contributed by atoms with E-state index in [-0.39, 0.29) is 23.1 Å². The molecule has 2 aromatic rings. The minimum atomic E-state index is -1.60. The van der Waals surface area contributed by atoms with Crippen LogP contribution in [0.3, 0.4) is 0 Å². The zero-order valence-corrected chi connectivity index (χ0v) is 16.6. The molecule has 3 rings (SSSR count). The van der Waals surface area contributed by atoms with Gasteiger partial charge in [0.2, 0.25) is 0 Å². The van der Waals surface area contributed by atoms with Gasteiger partial charge in [-0.25, -0.2) is 22.4 Å². The standard InChI is InChI=1S/C24H24F4O2/c1-2-3-14-4-6-15(7-5-14)8-9-18-17(10-11-19(22(18)27)24(29)30)16-12-20(25)23(28)21(26)13-16/h2,10-15H,1,3-9H2,(H,29,30). The summed E-state index contributed by atoms with van der Waals surface area (Å²) in [7, 11) is 0. The third kappa shape index (κ3) is 4.74. The molecule has 0 saturated heterocycles. The highest BCUT2D eigenvalue weighted by Gasteiger charge is 2.24. The minimum Gasteiger partial charge on any atom is -0.478 e. The molecule has 0 aromatic heterocycles. The van der Waals surface area contributed by atoms with Crippen LogP contribution in [-0.4, -0.2) is 11.1 Å². The van der Waals surface area contributed by atoms with Gasteiger partial charge in [-0.15, -0.1) is 6.58 Å². The molecule has 160 valence electrons. The van der Waals surface area contributed by atoms with E-state index in [1.54, 1.807) is 0 Å². The number of benzene rings is 2. The Morgan fingerprint density at radius 3 is 2.17 bits per heavy atom. The Morgan fingerprint density at radius 2 is 1.60 bits per heavy atom. The second-order valence-electron chi connectivity index (χ2n) is 7.96. The van der Waals surface area contributed by atoms with Crippen LogP contribution in [0, 0.1) is 35.1 Å². The lowest BCUT2D eigenvalue weighted by molar-refractivity contribution is 0.0691. The zero-order valence-electron chi connectivity index (χ0n) is 16.6. The number of hydrogen-bond donors (Lipinski definition) is 1. The Labute approximate surface area is 173 Å². The van der Waals surface area contributed by atoms with Crippen molar-refractivity contribution < 1.29 is 27.5 Å². The van der Waals surface area contributed by atoms with Gasteiger partial charge in [0.1, 0.15) is 5.82 Å². The molecule has 0 bridgehead atoms. The zero-order chi connectivity index (χ0) is 21.8. The van der Waals surface area contributed by atoms with Crippen LogP contribution in [0.5, 0.6) is 0 Å². The van der Waals surface area contributed by atoms with Crippen LogP contribution in [0.15, 0.2) is 36.9 Å². The van der Waals surface area contributed by atoms with Crippen molar-refractivity contribution >= 4 is 5.97 Å². The van der Waals surface area contributed by atoms with Gasteiger partial charge in [-0.1, -0.05) is 25.0 Å². The van der Waals surface area contributed by atoms with E-state index in [2.05, 4.69) is 6.58 Å². The van der Waals surface area contributed by atoms with Gasteiger partial charge in [0.05, 0.1) is 5.56 Å². The first-order valence-electron chi connectivity index (χ1n) is 10.1. The van der Waals surface area contributed by atoms with Crippen LogP contribution in [0.2, 0.25) is 0 Å². The lowest BCUT2D eigenvalue weighted by atomic mass is 9.78. The van der Waals surface area contributed by atoms with Crippen LogP contribution < -0.4 is 0 Å². The number of aromatic carboxylic acids is 1. The molecule has 0 spiro atoms. The first kappa shape index (κ1) is 22.1. The monoisotopic (exact) mass is 420 g/mol. The van der Waals surface area contributed by atoms with E-state index in [0.29, 0.717) is 18.3 Å². The van der Waals surface area contributed by atoms with Crippen LogP contribution in [0.25, 0.3) is 11.1 Å². The van der Waals surface area contributed by atoms with Crippen LogP contribution in [0.4, 0.5) is 17.6 Å². The third-order valence-electron chi connectivity index (χ3n) is 6.04. The van der Waals surface area contributed by atoms with E-state index in [1.165, 1.54) is 6.07 Å². The fourth-order valence-electron chi connectivity index (χ4n) is 4.35. The number of carbonyl (C=O) groups is 1. The molecule has 1 aliphatic carbocycles. The fraction of sp³-hybridized carbons (Fsp3) is 0.375. The Balaban J connectivity index is 1.89. The molecule has 1 N–H and O–H groups in total. The van der Waals surface area contributed by atoms with E-state index < -0.39 is 34.8 Å². The summed E-state index contributed by atoms with van der Waals surface area (Å²) in [5, 5.41) is 9.26. The molecule has 1 saturated carbocycles. The van der Waals surface area contributed by atoms with Crippen LogP contribution >= 0.6 is 0 Å². The van der Waals surface area contributed by atoms with E-state index in [0.717, 1.165) is 50.3 Å². The summed E-state index contributed by atoms with van der Waals surface area (Å²) in [6.07, 6.45) is 7.89. The second kappa shape index (κ2) is 9.45. The molecule has 0 atom stereocenters. The summed E-state index contributed by atoms with van der Waals surface area (Å²) in [6.45, 7) is 3.77. The third-order valence-corrected chi connectivity index (χ3v) is 6.04. The largest absolute Gasteiger partial charge is 0.478 e. The van der Waals surface area contributed by atoms with E-state index in [4.69, 9.17) is 0 Å². The Kier molecular flexibility index (Phi) is 6.95. The average molecular weight is 420 g/mol. The van der Waals surface area contributed by atoms with Gasteiger partial charge in [-0.05, 0) is 78.8 Å². The second-order valence-corrected chi connectivity index (χ2v) is 7.96. The normalized spacial score (nSPS) is 18.9. The van der Waals surface area contributed by atoms with Crippen molar-refractivity contribution in [3.05, 3.63) is 71.3 Å². The smallest absolute Gasteiger partial charge is 0.338 e. The maximum atomic E-state index is 15.0. The highest BCUT2D eigenvalue weighted by Crippen LogP contribution is 2.36. The van der Waals surface area contributed by atoms with Crippen molar-refractivity contribution in [1.29, 1.82) is 0 Å². The highest BCUT2D eigenvalue weighted by atomic mass is 19.2. The molecule has 0 amide bonds. The maximum Gasteiger partial charge on any atom is 0.338 e. The highest BCUT2D eigenvalue weighted by molar-refractivity contribution is 5.89. The van der Waals surface area contributed by atoms with Gasteiger partial charge in [0.25, 0.3) is 0 Å². The van der Waals surface area contributed by atoms with Crippen LogP contribution in [-0.2, 0) is 6.42 Å². The van der Waals surface area contributed by atoms with Gasteiger partial charge in [0.15, 0.2) is 17.5 Å². The Bertz CT molecular complexity index is 923. The molecule has 30 heavy (non-hydrogen) atoms. The van der Waals surface area contributed by atoms with Gasteiger partial charge in [-0.3, -0.25) is 0 Å². The molecule has 0 aliphatic heterocycles. The van der Waals surface area contributed by atoms with Crippen molar-refractivity contribution in [3.8, 4) is 11.1 Å². The van der Waals surface area contributed by atoms with Crippen molar-refractivity contribution in [3.63, 3.8) is 0 Å². The first-order valence-corrected chi connectivity index (χ1v) is 10.1. The van der Waals surface area contributed by atoms with E-state index in [1.807, 2.05) is 6.08 Å². The lowest BCUT2D eigenvalue weighted by Gasteiger charge is -2.28. The summed E-state index contributed by atoms with van der Waals surface area (Å²) in [6, 6.07) is 4.00. The SMILES string of the molecule is C=CCC1CCC(CCc2c(-c3cc(F)c(F)c(F)c3)ccc(C(=O)O)c2F)CC1. The van der Waals surface area contributed by atoms with Crippen molar-refractivity contribution in [2.24, 2.45) is 11.8 Å². The number of allylic oxidation sites excluding steroid dienone is 1. The summed E-state index contributed by atoms with van der Waals surface area (Å²) in [5.74, 6) is -5.69. The average Bonchev–Trinajstić information content (AvgIpc) is 2.71. The minimum absolute atomic E-state index is 0.0214. The molecule has 0 heterocycles. The number of rotatable bonds is 7. The number of carboxylic acids is 1. The van der Waals surface area contributed by atoms with Gasteiger partial charge < -0.3 is 5.11 Å². The lowest BCUT2D eigenvalue weighted by Crippen LogP contribution is -2.15. The molecular formula is C24H24F4O2. The van der Waals surface area contributed by atoms with Crippen LogP contribution in [0.1, 0.15) is 54.4 Å². The van der Waals surface area contributed by atoms with E-state index >= 15 is 4.39 Å². The van der Waals surface area contributed by atoms with Gasteiger partial charge >= 0.3 is 5.97 Å². The fourth-order valence-corrected chi connectivity index (χ4v) is 4.35. The van der Waals surface area contributed by atoms with Gasteiger partial charge in [0, 0.05) is 0 Å². The number of halogens is 4. The summed E-state index contributed by atoms with van der Waals surface area (Å²) in [4.78, 5) is 11.4.